The van der Waals surface area contributed by atoms with Crippen LogP contribution in [-0.4, -0.2) is 19.9 Å². The zero-order valence-electron chi connectivity index (χ0n) is 18.6. The van der Waals surface area contributed by atoms with Crippen molar-refractivity contribution in [3.05, 3.63) is 94.6 Å². The molecule has 3 heterocycles. The molecule has 2 aromatic carbocycles. The first-order valence-corrected chi connectivity index (χ1v) is 10.7. The van der Waals surface area contributed by atoms with Crippen molar-refractivity contribution in [2.24, 2.45) is 0 Å². The molecular formula is C26H23N5O2. The fourth-order valence-corrected chi connectivity index (χ4v) is 3.90. The summed E-state index contributed by atoms with van der Waals surface area (Å²) in [7, 11) is 0. The Morgan fingerprint density at radius 3 is 2.70 bits per heavy atom. The van der Waals surface area contributed by atoms with E-state index in [2.05, 4.69) is 50.4 Å². The van der Waals surface area contributed by atoms with Crippen LogP contribution in [0.4, 0.5) is 5.82 Å². The predicted octanol–water partition coefficient (Wildman–Crippen LogP) is 5.43. The molecule has 0 aliphatic rings. The van der Waals surface area contributed by atoms with E-state index in [0.29, 0.717) is 5.82 Å². The number of hydrogen-bond donors (Lipinski definition) is 2. The third-order valence-electron chi connectivity index (χ3n) is 5.66. The number of H-pyrrole nitrogens is 1. The first-order chi connectivity index (χ1) is 16.0. The molecule has 7 nitrogen and oxygen atoms in total. The molecule has 0 spiro atoms. The van der Waals surface area contributed by atoms with Crippen LogP contribution in [0.5, 0.6) is 0 Å². The summed E-state index contributed by atoms with van der Waals surface area (Å²) in [5.41, 5.74) is 6.40. The number of anilines is 1. The summed E-state index contributed by atoms with van der Waals surface area (Å²) >= 11 is 0. The lowest BCUT2D eigenvalue weighted by Crippen LogP contribution is -2.10. The SMILES string of the molecule is Cc1nc(NC(C)c2cccc(-c3cnc(=O)[nH]c3)c2)cc(-c2ccc3occ(C)c3c2)n1. The highest BCUT2D eigenvalue weighted by atomic mass is 16.3. The normalized spacial score (nSPS) is 12.1. The van der Waals surface area contributed by atoms with Crippen molar-refractivity contribution in [2.75, 3.05) is 5.32 Å². The molecule has 7 heteroatoms. The molecule has 1 unspecified atom stereocenters. The summed E-state index contributed by atoms with van der Waals surface area (Å²) in [4.78, 5) is 26.9. The Labute approximate surface area is 190 Å². The van der Waals surface area contributed by atoms with Crippen LogP contribution in [-0.2, 0) is 0 Å². The van der Waals surface area contributed by atoms with Crippen molar-refractivity contribution >= 4 is 16.8 Å². The molecule has 3 aromatic heterocycles. The maximum atomic E-state index is 11.3. The van der Waals surface area contributed by atoms with Gasteiger partial charge in [-0.25, -0.2) is 19.7 Å². The molecule has 0 bridgehead atoms. The number of nitrogens with zero attached hydrogens (tertiary/aromatic N) is 3. The number of benzene rings is 2. The highest BCUT2D eigenvalue weighted by Crippen LogP contribution is 2.29. The number of rotatable bonds is 5. The van der Waals surface area contributed by atoms with E-state index in [9.17, 15) is 4.79 Å². The van der Waals surface area contributed by atoms with E-state index >= 15 is 0 Å². The minimum atomic E-state index is -0.359. The van der Waals surface area contributed by atoms with Crippen LogP contribution in [0.3, 0.4) is 0 Å². The van der Waals surface area contributed by atoms with Crippen LogP contribution >= 0.6 is 0 Å². The fraction of sp³-hybridized carbons (Fsp3) is 0.154. The summed E-state index contributed by atoms with van der Waals surface area (Å²) in [6.07, 6.45) is 5.02. The second-order valence-corrected chi connectivity index (χ2v) is 8.11. The molecule has 0 saturated carbocycles. The van der Waals surface area contributed by atoms with Gasteiger partial charge in [0.05, 0.1) is 12.0 Å². The van der Waals surface area contributed by atoms with E-state index in [1.807, 2.05) is 44.2 Å². The van der Waals surface area contributed by atoms with Gasteiger partial charge in [0.1, 0.15) is 17.2 Å². The highest BCUT2D eigenvalue weighted by Gasteiger charge is 2.12. The van der Waals surface area contributed by atoms with E-state index < -0.39 is 0 Å². The Morgan fingerprint density at radius 1 is 1.00 bits per heavy atom. The van der Waals surface area contributed by atoms with Gasteiger partial charge in [0, 0.05) is 41.0 Å². The molecule has 0 amide bonds. The van der Waals surface area contributed by atoms with Crippen LogP contribution in [0.2, 0.25) is 0 Å². The zero-order valence-corrected chi connectivity index (χ0v) is 18.6. The van der Waals surface area contributed by atoms with Crippen LogP contribution in [0, 0.1) is 13.8 Å². The Morgan fingerprint density at radius 2 is 1.88 bits per heavy atom. The summed E-state index contributed by atoms with van der Waals surface area (Å²) in [5.74, 6) is 1.45. The van der Waals surface area contributed by atoms with E-state index in [4.69, 9.17) is 4.42 Å². The van der Waals surface area contributed by atoms with Crippen molar-refractivity contribution in [1.82, 2.24) is 19.9 Å². The summed E-state index contributed by atoms with van der Waals surface area (Å²) in [6, 6.07) is 16.2. The monoisotopic (exact) mass is 437 g/mol. The average Bonchev–Trinajstić information content (AvgIpc) is 3.19. The average molecular weight is 438 g/mol. The second-order valence-electron chi connectivity index (χ2n) is 8.11. The van der Waals surface area contributed by atoms with Crippen molar-refractivity contribution in [1.29, 1.82) is 0 Å². The molecule has 5 aromatic rings. The molecule has 5 rings (SSSR count). The molecule has 0 saturated heterocycles. The molecule has 0 radical (unpaired) electrons. The predicted molar refractivity (Wildman–Crippen MR) is 129 cm³/mol. The van der Waals surface area contributed by atoms with E-state index in [0.717, 1.165) is 50.3 Å². The third kappa shape index (κ3) is 4.25. The van der Waals surface area contributed by atoms with Gasteiger partial charge in [-0.2, -0.15) is 0 Å². The summed E-state index contributed by atoms with van der Waals surface area (Å²) in [6.45, 7) is 6.01. The summed E-state index contributed by atoms with van der Waals surface area (Å²) < 4.78 is 5.57. The summed E-state index contributed by atoms with van der Waals surface area (Å²) in [5, 5.41) is 4.58. The number of furan rings is 1. The quantitative estimate of drug-likeness (QED) is 0.381. The first-order valence-electron chi connectivity index (χ1n) is 10.7. The Hall–Kier alpha value is -4.26. The third-order valence-corrected chi connectivity index (χ3v) is 5.66. The smallest absolute Gasteiger partial charge is 0.344 e. The van der Waals surface area contributed by atoms with Gasteiger partial charge in [-0.3, -0.25) is 0 Å². The standard InChI is InChI=1S/C26H23N5O2/c1-15-14-33-24-8-7-20(10-22(15)24)23-11-25(31-17(3)30-23)29-16(2)18-5-4-6-19(9-18)21-12-27-26(32)28-13-21/h4-14,16H,1-3H3,(H,27,28,32)(H,29,30,31). The number of aryl methyl sites for hydroxylation is 2. The molecule has 164 valence electrons. The maximum Gasteiger partial charge on any atom is 0.344 e. The highest BCUT2D eigenvalue weighted by molar-refractivity contribution is 5.85. The first kappa shape index (κ1) is 20.6. The van der Waals surface area contributed by atoms with Gasteiger partial charge < -0.3 is 14.7 Å². The van der Waals surface area contributed by atoms with Crippen LogP contribution in [0.1, 0.15) is 29.9 Å². The molecule has 1 atom stereocenters. The minimum absolute atomic E-state index is 0.00131. The Bertz CT molecular complexity index is 1500. The van der Waals surface area contributed by atoms with Crippen molar-refractivity contribution in [3.63, 3.8) is 0 Å². The van der Waals surface area contributed by atoms with Gasteiger partial charge >= 0.3 is 5.69 Å². The lowest BCUT2D eigenvalue weighted by atomic mass is 10.0. The topological polar surface area (TPSA) is 96.7 Å². The number of aromatic nitrogens is 4. The Balaban J connectivity index is 1.43. The Kier molecular flexibility index (Phi) is 5.22. The van der Waals surface area contributed by atoms with Crippen LogP contribution in [0.25, 0.3) is 33.4 Å². The van der Waals surface area contributed by atoms with E-state index in [1.54, 1.807) is 18.7 Å². The lowest BCUT2D eigenvalue weighted by Gasteiger charge is -2.17. The molecule has 2 N–H and O–H groups in total. The molecule has 0 aliphatic carbocycles. The lowest BCUT2D eigenvalue weighted by molar-refractivity contribution is 0.613. The van der Waals surface area contributed by atoms with Crippen molar-refractivity contribution in [3.8, 4) is 22.4 Å². The van der Waals surface area contributed by atoms with Crippen LogP contribution < -0.4 is 11.0 Å². The number of fused-ring (bicyclic) bond motifs is 1. The van der Waals surface area contributed by atoms with Gasteiger partial charge in [-0.05, 0) is 61.7 Å². The van der Waals surface area contributed by atoms with Gasteiger partial charge in [-0.15, -0.1) is 0 Å². The number of aromatic amines is 1. The molecule has 0 aliphatic heterocycles. The molecule has 0 fully saturated rings. The fourth-order valence-electron chi connectivity index (χ4n) is 3.90. The molecular weight excluding hydrogens is 414 g/mol. The maximum absolute atomic E-state index is 11.3. The molecule has 33 heavy (non-hydrogen) atoms. The van der Waals surface area contributed by atoms with Gasteiger partial charge in [0.25, 0.3) is 0 Å². The number of hydrogen-bond acceptors (Lipinski definition) is 6. The van der Waals surface area contributed by atoms with Crippen molar-refractivity contribution in [2.45, 2.75) is 26.8 Å². The van der Waals surface area contributed by atoms with Crippen LogP contribution in [0.15, 0.2) is 76.4 Å². The van der Waals surface area contributed by atoms with Gasteiger partial charge in [0.15, 0.2) is 0 Å². The van der Waals surface area contributed by atoms with Crippen molar-refractivity contribution < 1.29 is 4.42 Å². The second kappa shape index (κ2) is 8.35. The number of nitrogens with one attached hydrogen (secondary N) is 2. The van der Waals surface area contributed by atoms with Gasteiger partial charge in [0.2, 0.25) is 0 Å². The zero-order chi connectivity index (χ0) is 22.9. The largest absolute Gasteiger partial charge is 0.464 e. The van der Waals surface area contributed by atoms with E-state index in [1.165, 1.54) is 0 Å². The minimum Gasteiger partial charge on any atom is -0.464 e. The van der Waals surface area contributed by atoms with E-state index in [-0.39, 0.29) is 11.7 Å². The van der Waals surface area contributed by atoms with Gasteiger partial charge in [-0.1, -0.05) is 18.2 Å².